The predicted molar refractivity (Wildman–Crippen MR) is 172 cm³/mol. The summed E-state index contributed by atoms with van der Waals surface area (Å²) >= 11 is 0. The predicted octanol–water partition coefficient (Wildman–Crippen LogP) is 7.31. The molecule has 0 aromatic rings. The Hall–Kier alpha value is -3.04. The van der Waals surface area contributed by atoms with Gasteiger partial charge in [-0.2, -0.15) is 0 Å². The van der Waals surface area contributed by atoms with E-state index in [1.54, 1.807) is 6.92 Å². The highest BCUT2D eigenvalue weighted by molar-refractivity contribution is 5.87. The molecule has 0 heterocycles. The van der Waals surface area contributed by atoms with E-state index in [1.165, 1.54) is 13.0 Å². The zero-order valence-electron chi connectivity index (χ0n) is 28.3. The number of amides is 2. The Morgan fingerprint density at radius 1 is 0.886 bits per heavy atom. The molecule has 0 aromatic heterocycles. The van der Waals surface area contributed by atoms with Crippen LogP contribution in [0.4, 0.5) is 9.59 Å². The van der Waals surface area contributed by atoms with Gasteiger partial charge in [-0.15, -0.1) is 0 Å². The van der Waals surface area contributed by atoms with Gasteiger partial charge in [0.25, 0.3) is 0 Å². The maximum Gasteiger partial charge on any atom is 0.404 e. The molecule has 0 fully saturated rings. The second-order valence-electron chi connectivity index (χ2n) is 13.8. The molecule has 2 amide bonds. The Morgan fingerprint density at radius 3 is 1.95 bits per heavy atom. The Kier molecular flexibility index (Phi) is 18.0. The van der Waals surface area contributed by atoms with Crippen molar-refractivity contribution >= 4 is 24.1 Å². The SMILES string of the molecule is [CH2]CC(C)CC(C)(C)[C](CCOC(=O)C(=C)C)CC(CCC(C)CC(C)(C)CC(CC=C(C)C(=O)O)OC(N)=O)OC(N)=O. The van der Waals surface area contributed by atoms with E-state index in [-0.39, 0.29) is 35.3 Å². The summed E-state index contributed by atoms with van der Waals surface area (Å²) in [5.41, 5.74) is 10.8. The number of esters is 1. The lowest BCUT2D eigenvalue weighted by Gasteiger charge is -2.38. The molecule has 10 heteroatoms. The van der Waals surface area contributed by atoms with Crippen LogP contribution in [0.25, 0.3) is 0 Å². The highest BCUT2D eigenvalue weighted by atomic mass is 16.6. The summed E-state index contributed by atoms with van der Waals surface area (Å²) in [5, 5.41) is 9.15. The maximum absolute atomic E-state index is 12.0. The van der Waals surface area contributed by atoms with Gasteiger partial charge in [-0.25, -0.2) is 19.2 Å². The number of nitrogens with two attached hydrogens (primary N) is 2. The largest absolute Gasteiger partial charge is 0.478 e. The first-order valence-corrected chi connectivity index (χ1v) is 15.5. The molecule has 10 nitrogen and oxygen atoms in total. The number of primary amides is 2. The third kappa shape index (κ3) is 17.9. The molecule has 5 N–H and O–H groups in total. The minimum atomic E-state index is -1.03. The molecule has 0 aliphatic carbocycles. The van der Waals surface area contributed by atoms with Crippen molar-refractivity contribution < 1.29 is 38.5 Å². The van der Waals surface area contributed by atoms with E-state index in [2.05, 4.69) is 55.0 Å². The molecule has 4 unspecified atom stereocenters. The van der Waals surface area contributed by atoms with Gasteiger partial charge >= 0.3 is 24.1 Å². The zero-order valence-corrected chi connectivity index (χ0v) is 28.3. The molecule has 44 heavy (non-hydrogen) atoms. The summed E-state index contributed by atoms with van der Waals surface area (Å²) in [6.45, 7) is 23.7. The zero-order chi connectivity index (χ0) is 34.3. The number of ether oxygens (including phenoxy) is 3. The first kappa shape index (κ1) is 41.0. The summed E-state index contributed by atoms with van der Waals surface area (Å²) in [5.74, 6) is 0.251. The fourth-order valence-electron chi connectivity index (χ4n) is 5.81. The number of carbonyl (C=O) groups excluding carboxylic acids is 3. The molecule has 0 aromatic carbocycles. The van der Waals surface area contributed by atoms with Crippen LogP contribution in [-0.4, -0.2) is 48.0 Å². The van der Waals surface area contributed by atoms with E-state index >= 15 is 0 Å². The van der Waals surface area contributed by atoms with E-state index in [0.29, 0.717) is 37.2 Å². The molecule has 0 bridgehead atoms. The van der Waals surface area contributed by atoms with Crippen molar-refractivity contribution in [1.29, 1.82) is 0 Å². The third-order valence-electron chi connectivity index (χ3n) is 8.02. The van der Waals surface area contributed by atoms with Crippen LogP contribution in [0.3, 0.4) is 0 Å². The highest BCUT2D eigenvalue weighted by Gasteiger charge is 2.35. The van der Waals surface area contributed by atoms with Crippen LogP contribution in [-0.2, 0) is 23.8 Å². The number of aliphatic carboxylic acids is 1. The van der Waals surface area contributed by atoms with Gasteiger partial charge in [-0.3, -0.25) is 0 Å². The lowest BCUT2D eigenvalue weighted by Crippen LogP contribution is -2.32. The molecule has 0 saturated carbocycles. The van der Waals surface area contributed by atoms with Gasteiger partial charge in [0, 0.05) is 17.6 Å². The van der Waals surface area contributed by atoms with Gasteiger partial charge < -0.3 is 30.8 Å². The first-order valence-electron chi connectivity index (χ1n) is 15.5. The van der Waals surface area contributed by atoms with Crippen molar-refractivity contribution in [3.8, 4) is 0 Å². The molecule has 0 aliphatic heterocycles. The minimum absolute atomic E-state index is 0.170. The fourth-order valence-corrected chi connectivity index (χ4v) is 5.81. The molecule has 4 atom stereocenters. The van der Waals surface area contributed by atoms with E-state index in [4.69, 9.17) is 30.8 Å². The Bertz CT molecular complexity index is 988. The summed E-state index contributed by atoms with van der Waals surface area (Å²) in [7, 11) is 0. The number of carboxylic acid groups (broad SMARTS) is 1. The number of hydrogen-bond acceptors (Lipinski definition) is 7. The second kappa shape index (κ2) is 19.4. The monoisotopic (exact) mass is 622 g/mol. The number of carboxylic acids is 1. The average molecular weight is 623 g/mol. The van der Waals surface area contributed by atoms with Crippen LogP contribution in [0, 0.1) is 35.5 Å². The summed E-state index contributed by atoms with van der Waals surface area (Å²) in [4.78, 5) is 46.6. The Balaban J connectivity index is 5.61. The smallest absolute Gasteiger partial charge is 0.404 e. The summed E-state index contributed by atoms with van der Waals surface area (Å²) in [6, 6.07) is 0. The van der Waals surface area contributed by atoms with Gasteiger partial charge in [-0.1, -0.05) is 67.5 Å². The van der Waals surface area contributed by atoms with Crippen LogP contribution in [0.1, 0.15) is 113 Å². The van der Waals surface area contributed by atoms with E-state index < -0.39 is 36.3 Å². The number of hydrogen-bond donors (Lipinski definition) is 3. The molecule has 0 saturated heterocycles. The van der Waals surface area contributed by atoms with E-state index in [9.17, 15) is 19.2 Å². The van der Waals surface area contributed by atoms with Crippen LogP contribution in [0.2, 0.25) is 0 Å². The molecule has 2 radical (unpaired) electrons. The van der Waals surface area contributed by atoms with Gasteiger partial charge in [0.05, 0.1) is 6.61 Å². The topological polar surface area (TPSA) is 168 Å². The van der Waals surface area contributed by atoms with Crippen LogP contribution in [0.15, 0.2) is 23.8 Å². The molecule has 0 rings (SSSR count). The Morgan fingerprint density at radius 2 is 1.45 bits per heavy atom. The lowest BCUT2D eigenvalue weighted by molar-refractivity contribution is -0.139. The van der Waals surface area contributed by atoms with Crippen molar-refractivity contribution in [2.45, 2.75) is 125 Å². The first-order chi connectivity index (χ1) is 20.2. The Labute approximate surface area is 265 Å². The van der Waals surface area contributed by atoms with Crippen molar-refractivity contribution in [3.05, 3.63) is 36.6 Å². The normalized spacial score (nSPS) is 15.2. The maximum atomic E-state index is 12.0. The van der Waals surface area contributed by atoms with Gasteiger partial charge in [0.2, 0.25) is 0 Å². The highest BCUT2D eigenvalue weighted by Crippen LogP contribution is 2.42. The number of carbonyl (C=O) groups is 4. The number of rotatable bonds is 22. The van der Waals surface area contributed by atoms with Crippen LogP contribution in [0.5, 0.6) is 0 Å². The van der Waals surface area contributed by atoms with Crippen molar-refractivity contribution in [2.75, 3.05) is 6.61 Å². The molecule has 0 aliphatic rings. The van der Waals surface area contributed by atoms with Gasteiger partial charge in [0.15, 0.2) is 0 Å². The van der Waals surface area contributed by atoms with Gasteiger partial charge in [-0.05, 0) is 87.4 Å². The van der Waals surface area contributed by atoms with Crippen LogP contribution >= 0.6 is 0 Å². The molecule has 252 valence electrons. The van der Waals surface area contributed by atoms with E-state index in [0.717, 1.165) is 31.6 Å². The average Bonchev–Trinajstić information content (AvgIpc) is 2.87. The van der Waals surface area contributed by atoms with Gasteiger partial charge in [0.1, 0.15) is 12.2 Å². The fraction of sp³-hybridized carbons (Fsp3) is 0.706. The molecular weight excluding hydrogens is 564 g/mol. The minimum Gasteiger partial charge on any atom is -0.478 e. The molecular formula is C34H58N2O8. The summed E-state index contributed by atoms with van der Waals surface area (Å²) < 4.78 is 16.3. The third-order valence-corrected chi connectivity index (χ3v) is 8.02. The summed E-state index contributed by atoms with van der Waals surface area (Å²) in [6.07, 6.45) is 4.30. The second-order valence-corrected chi connectivity index (χ2v) is 13.8. The molecule has 0 spiro atoms. The standard InChI is InChI=1S/C34H58N2O8/c1-11-23(4)20-34(9,10)26(16-17-42-30(39)22(2)3)18-27(43-31(35)40)14-12-24(5)19-33(7,8)21-28(44-32(36)41)15-13-25(6)29(37)38/h13,23-24,27-28H,1-2,11-12,14-21H2,3-10H3,(H2,35,40)(H2,36,41)(H,37,38). The van der Waals surface area contributed by atoms with E-state index in [1.807, 2.05) is 0 Å². The van der Waals surface area contributed by atoms with Crippen molar-refractivity contribution in [1.82, 2.24) is 0 Å². The van der Waals surface area contributed by atoms with Crippen molar-refractivity contribution in [2.24, 2.45) is 34.1 Å². The van der Waals surface area contributed by atoms with Crippen molar-refractivity contribution in [3.63, 3.8) is 0 Å². The lowest BCUT2D eigenvalue weighted by atomic mass is 9.69. The quantitative estimate of drug-likeness (QED) is 0.0641. The van der Waals surface area contributed by atoms with Crippen LogP contribution < -0.4 is 11.5 Å².